The van der Waals surface area contributed by atoms with Gasteiger partial charge in [0.25, 0.3) is 0 Å². The lowest BCUT2D eigenvalue weighted by Crippen LogP contribution is -2.30. The van der Waals surface area contributed by atoms with Gasteiger partial charge in [0.1, 0.15) is 0 Å². The molecule has 1 fully saturated rings. The fraction of sp³-hybridized carbons (Fsp3) is 0.167. The molecule has 7 heteroatoms. The molecule has 1 aliphatic heterocycles. The second kappa shape index (κ2) is 7.31. The van der Waals surface area contributed by atoms with E-state index in [1.54, 1.807) is 41.7 Å². The summed E-state index contributed by atoms with van der Waals surface area (Å²) >= 11 is 1.61. The van der Waals surface area contributed by atoms with E-state index in [2.05, 4.69) is 10.6 Å². The summed E-state index contributed by atoms with van der Waals surface area (Å²) in [7, 11) is 0. The largest absolute Gasteiger partial charge is 0.329 e. The van der Waals surface area contributed by atoms with Crippen LogP contribution in [0.5, 0.6) is 0 Å². The molecule has 0 spiro atoms. The predicted molar refractivity (Wildman–Crippen MR) is 97.1 cm³/mol. The number of imide groups is 1. The van der Waals surface area contributed by atoms with Crippen LogP contribution < -0.4 is 10.6 Å². The van der Waals surface area contributed by atoms with Crippen molar-refractivity contribution >= 4 is 40.9 Å². The molecule has 0 bridgehead atoms. The van der Waals surface area contributed by atoms with E-state index in [0.29, 0.717) is 5.69 Å². The van der Waals surface area contributed by atoms with Crippen molar-refractivity contribution in [3.8, 4) is 0 Å². The van der Waals surface area contributed by atoms with E-state index in [9.17, 15) is 14.4 Å². The number of nitrogens with zero attached hydrogens (tertiary/aromatic N) is 1. The Morgan fingerprint density at radius 2 is 2.16 bits per heavy atom. The molecule has 1 aromatic carbocycles. The number of nitrogens with one attached hydrogen (secondary N) is 2. The highest BCUT2D eigenvalue weighted by Crippen LogP contribution is 2.17. The maximum atomic E-state index is 12.0. The monoisotopic (exact) mass is 355 g/mol. The molecule has 3 rings (SSSR count). The molecule has 128 valence electrons. The summed E-state index contributed by atoms with van der Waals surface area (Å²) < 4.78 is 0. The van der Waals surface area contributed by atoms with E-state index in [-0.39, 0.29) is 24.9 Å². The third-order valence-corrected chi connectivity index (χ3v) is 4.60. The van der Waals surface area contributed by atoms with Crippen LogP contribution in [0.25, 0.3) is 6.08 Å². The summed E-state index contributed by atoms with van der Waals surface area (Å²) in [5.74, 6) is -0.494. The van der Waals surface area contributed by atoms with Crippen molar-refractivity contribution in [2.24, 2.45) is 0 Å². The SMILES string of the molecule is Cc1ccc(/C=C/C(=O)Nc2cccc(CN3C(=O)CNC3=O)c2)s1. The highest BCUT2D eigenvalue weighted by molar-refractivity contribution is 7.12. The van der Waals surface area contributed by atoms with E-state index in [4.69, 9.17) is 0 Å². The molecule has 2 aromatic rings. The molecular formula is C18H17N3O3S. The molecule has 1 aliphatic rings. The molecule has 0 radical (unpaired) electrons. The highest BCUT2D eigenvalue weighted by Gasteiger charge is 2.28. The molecule has 6 nitrogen and oxygen atoms in total. The van der Waals surface area contributed by atoms with Crippen LogP contribution in [0.4, 0.5) is 10.5 Å². The fourth-order valence-corrected chi connectivity index (χ4v) is 3.21. The van der Waals surface area contributed by atoms with Crippen molar-refractivity contribution in [3.63, 3.8) is 0 Å². The Labute approximate surface area is 149 Å². The normalized spacial score (nSPS) is 14.2. The minimum atomic E-state index is -0.395. The third-order valence-electron chi connectivity index (χ3n) is 3.63. The summed E-state index contributed by atoms with van der Waals surface area (Å²) in [4.78, 5) is 38.6. The first-order valence-corrected chi connectivity index (χ1v) is 8.55. The number of rotatable bonds is 5. The molecule has 2 heterocycles. The van der Waals surface area contributed by atoms with Gasteiger partial charge in [-0.05, 0) is 42.8 Å². The minimum absolute atomic E-state index is 0.0300. The fourth-order valence-electron chi connectivity index (χ4n) is 2.43. The number of anilines is 1. The quantitative estimate of drug-likeness (QED) is 0.639. The standard InChI is InChI=1S/C18H17N3O3S/c1-12-5-6-15(25-12)7-8-16(22)20-14-4-2-3-13(9-14)11-21-17(23)10-19-18(21)24/h2-9H,10-11H2,1H3,(H,19,24)(H,20,22)/b8-7+. The summed E-state index contributed by atoms with van der Waals surface area (Å²) in [5.41, 5.74) is 1.38. The number of carbonyl (C=O) groups excluding carboxylic acids is 3. The molecule has 1 aromatic heterocycles. The van der Waals surface area contributed by atoms with Gasteiger partial charge in [-0.25, -0.2) is 4.79 Å². The first kappa shape index (κ1) is 16.9. The topological polar surface area (TPSA) is 78.5 Å². The minimum Gasteiger partial charge on any atom is -0.329 e. The molecule has 0 saturated carbocycles. The number of amides is 4. The van der Waals surface area contributed by atoms with Crippen LogP contribution in [0.15, 0.2) is 42.5 Å². The molecule has 0 atom stereocenters. The number of aryl methyl sites for hydroxylation is 1. The smallest absolute Gasteiger partial charge is 0.324 e. The van der Waals surface area contributed by atoms with Crippen LogP contribution in [-0.2, 0) is 16.1 Å². The van der Waals surface area contributed by atoms with Gasteiger partial charge in [-0.2, -0.15) is 0 Å². The Hall–Kier alpha value is -2.93. The molecule has 25 heavy (non-hydrogen) atoms. The third kappa shape index (κ3) is 4.33. The van der Waals surface area contributed by atoms with Crippen molar-refractivity contribution in [2.75, 3.05) is 11.9 Å². The van der Waals surface area contributed by atoms with Gasteiger partial charge < -0.3 is 10.6 Å². The van der Waals surface area contributed by atoms with E-state index < -0.39 is 6.03 Å². The first-order chi connectivity index (χ1) is 12.0. The first-order valence-electron chi connectivity index (χ1n) is 7.74. The average molecular weight is 355 g/mol. The number of urea groups is 1. The van der Waals surface area contributed by atoms with Crippen LogP contribution in [0.3, 0.4) is 0 Å². The van der Waals surface area contributed by atoms with Gasteiger partial charge in [-0.1, -0.05) is 12.1 Å². The lowest BCUT2D eigenvalue weighted by Gasteiger charge is -2.13. The van der Waals surface area contributed by atoms with Crippen LogP contribution >= 0.6 is 11.3 Å². The van der Waals surface area contributed by atoms with Gasteiger partial charge in [0.2, 0.25) is 11.8 Å². The van der Waals surface area contributed by atoms with E-state index in [1.165, 1.54) is 11.0 Å². The Balaban J connectivity index is 1.63. The van der Waals surface area contributed by atoms with E-state index in [0.717, 1.165) is 15.3 Å². The molecule has 0 aliphatic carbocycles. The Kier molecular flexibility index (Phi) is 4.95. The average Bonchev–Trinajstić information content (AvgIpc) is 3.13. The predicted octanol–water partition coefficient (Wildman–Crippen LogP) is 2.76. The second-order valence-corrected chi connectivity index (χ2v) is 6.93. The van der Waals surface area contributed by atoms with Crippen molar-refractivity contribution in [3.05, 3.63) is 57.8 Å². The summed E-state index contributed by atoms with van der Waals surface area (Å²) in [6, 6.07) is 10.7. The zero-order chi connectivity index (χ0) is 17.8. The van der Waals surface area contributed by atoms with Gasteiger partial charge in [0, 0.05) is 21.5 Å². The lowest BCUT2D eigenvalue weighted by molar-refractivity contribution is -0.125. The molecule has 4 amide bonds. The maximum absolute atomic E-state index is 12.0. The summed E-state index contributed by atoms with van der Waals surface area (Å²) in [6.45, 7) is 2.22. The Bertz CT molecular complexity index is 841. The summed E-state index contributed by atoms with van der Waals surface area (Å²) in [5, 5.41) is 5.26. The van der Waals surface area contributed by atoms with Crippen molar-refractivity contribution < 1.29 is 14.4 Å². The highest BCUT2D eigenvalue weighted by atomic mass is 32.1. The maximum Gasteiger partial charge on any atom is 0.324 e. The Morgan fingerprint density at radius 3 is 2.84 bits per heavy atom. The second-order valence-electron chi connectivity index (χ2n) is 5.61. The molecule has 1 saturated heterocycles. The number of benzene rings is 1. The summed E-state index contributed by atoms with van der Waals surface area (Å²) in [6.07, 6.45) is 3.25. The van der Waals surface area contributed by atoms with Crippen LogP contribution in [0.1, 0.15) is 15.3 Å². The molecule has 0 unspecified atom stereocenters. The number of carbonyl (C=O) groups is 3. The number of hydrogen-bond acceptors (Lipinski definition) is 4. The van der Waals surface area contributed by atoms with Gasteiger partial charge >= 0.3 is 6.03 Å². The number of thiophene rings is 1. The van der Waals surface area contributed by atoms with Crippen LogP contribution in [-0.4, -0.2) is 29.3 Å². The van der Waals surface area contributed by atoms with Crippen molar-refractivity contribution in [1.29, 1.82) is 0 Å². The van der Waals surface area contributed by atoms with Gasteiger partial charge in [-0.15, -0.1) is 11.3 Å². The van der Waals surface area contributed by atoms with Crippen molar-refractivity contribution in [1.82, 2.24) is 10.2 Å². The van der Waals surface area contributed by atoms with Crippen LogP contribution in [0, 0.1) is 6.92 Å². The van der Waals surface area contributed by atoms with Crippen molar-refractivity contribution in [2.45, 2.75) is 13.5 Å². The van der Waals surface area contributed by atoms with E-state index in [1.807, 2.05) is 19.1 Å². The molecular weight excluding hydrogens is 338 g/mol. The van der Waals surface area contributed by atoms with Gasteiger partial charge in [0.05, 0.1) is 13.1 Å². The van der Waals surface area contributed by atoms with Gasteiger partial charge in [-0.3, -0.25) is 14.5 Å². The zero-order valence-electron chi connectivity index (χ0n) is 13.6. The van der Waals surface area contributed by atoms with Crippen LogP contribution in [0.2, 0.25) is 0 Å². The Morgan fingerprint density at radius 1 is 1.32 bits per heavy atom. The zero-order valence-corrected chi connectivity index (χ0v) is 14.4. The lowest BCUT2D eigenvalue weighted by atomic mass is 10.2. The van der Waals surface area contributed by atoms with E-state index >= 15 is 0 Å². The molecule has 2 N–H and O–H groups in total. The number of hydrogen-bond donors (Lipinski definition) is 2. The van der Waals surface area contributed by atoms with Gasteiger partial charge in [0.15, 0.2) is 0 Å².